The Morgan fingerprint density at radius 3 is 2.30 bits per heavy atom. The third-order valence-corrected chi connectivity index (χ3v) is 6.52. The Labute approximate surface area is 187 Å². The van der Waals surface area contributed by atoms with E-state index >= 15 is 0 Å². The molecule has 154 valence electrons. The largest absolute Gasteiger partial charge is 0.368 e. The highest BCUT2D eigenvalue weighted by molar-refractivity contribution is 9.10. The lowest BCUT2D eigenvalue weighted by Crippen LogP contribution is -2.51. The monoisotopic (exact) mass is 485 g/mol. The van der Waals surface area contributed by atoms with Gasteiger partial charge in [-0.1, -0.05) is 46.3 Å². The highest BCUT2D eigenvalue weighted by atomic mass is 79.9. The number of hydrogen-bond donors (Lipinski definition) is 0. The molecule has 2 aromatic carbocycles. The van der Waals surface area contributed by atoms with Crippen molar-refractivity contribution in [2.24, 2.45) is 0 Å². The number of carbonyl (C=O) groups excluding carboxylic acids is 3. The van der Waals surface area contributed by atoms with E-state index in [1.165, 1.54) is 0 Å². The highest BCUT2D eigenvalue weighted by Crippen LogP contribution is 2.32. The molecule has 2 saturated heterocycles. The Morgan fingerprint density at radius 1 is 0.967 bits per heavy atom. The van der Waals surface area contributed by atoms with Crippen LogP contribution in [0.25, 0.3) is 6.08 Å². The van der Waals surface area contributed by atoms with Crippen molar-refractivity contribution in [2.45, 2.75) is 0 Å². The van der Waals surface area contributed by atoms with Gasteiger partial charge in [-0.25, -0.2) is 0 Å². The SMILES string of the molecule is O=C(CN1C(=O)SC(=Cc2ccc(Br)cc2)C1=O)N1CCN(c2ccccc2)CC1. The van der Waals surface area contributed by atoms with E-state index in [1.807, 2.05) is 42.5 Å². The summed E-state index contributed by atoms with van der Waals surface area (Å²) in [5, 5.41) is -0.403. The number of benzene rings is 2. The molecule has 2 fully saturated rings. The fourth-order valence-corrected chi connectivity index (χ4v) is 4.54. The second-order valence-electron chi connectivity index (χ2n) is 7.02. The van der Waals surface area contributed by atoms with Crippen LogP contribution in [0.5, 0.6) is 0 Å². The molecule has 0 radical (unpaired) electrons. The Morgan fingerprint density at radius 2 is 1.63 bits per heavy atom. The molecule has 0 bridgehead atoms. The molecule has 0 unspecified atom stereocenters. The second kappa shape index (κ2) is 9.06. The second-order valence-corrected chi connectivity index (χ2v) is 8.93. The lowest BCUT2D eigenvalue weighted by atomic mass is 10.2. The third kappa shape index (κ3) is 4.60. The number of amides is 3. The molecule has 0 spiro atoms. The number of para-hydroxylation sites is 1. The summed E-state index contributed by atoms with van der Waals surface area (Å²) in [6.45, 7) is 2.37. The highest BCUT2D eigenvalue weighted by Gasteiger charge is 2.37. The van der Waals surface area contributed by atoms with E-state index in [9.17, 15) is 14.4 Å². The molecule has 0 atom stereocenters. The molecule has 0 aliphatic carbocycles. The predicted molar refractivity (Wildman–Crippen MR) is 122 cm³/mol. The quantitative estimate of drug-likeness (QED) is 0.615. The van der Waals surface area contributed by atoms with Gasteiger partial charge in [0, 0.05) is 36.3 Å². The van der Waals surface area contributed by atoms with E-state index in [-0.39, 0.29) is 12.5 Å². The number of nitrogens with zero attached hydrogens (tertiary/aromatic N) is 3. The van der Waals surface area contributed by atoms with E-state index in [0.29, 0.717) is 18.0 Å². The Hall–Kier alpha value is -2.58. The number of hydrogen-bond acceptors (Lipinski definition) is 5. The maximum Gasteiger partial charge on any atom is 0.294 e. The minimum Gasteiger partial charge on any atom is -0.368 e. The molecule has 2 aliphatic heterocycles. The minimum absolute atomic E-state index is 0.199. The van der Waals surface area contributed by atoms with Crippen molar-refractivity contribution in [3.8, 4) is 0 Å². The fourth-order valence-electron chi connectivity index (χ4n) is 3.43. The number of anilines is 1. The third-order valence-electron chi connectivity index (χ3n) is 5.09. The van der Waals surface area contributed by atoms with E-state index < -0.39 is 11.1 Å². The van der Waals surface area contributed by atoms with E-state index in [1.54, 1.807) is 11.0 Å². The lowest BCUT2D eigenvalue weighted by molar-refractivity contribution is -0.136. The van der Waals surface area contributed by atoms with Crippen LogP contribution in [0.1, 0.15) is 5.56 Å². The molecule has 4 rings (SSSR count). The summed E-state index contributed by atoms with van der Waals surface area (Å²) in [5.74, 6) is -0.612. The first kappa shape index (κ1) is 20.7. The molecule has 0 aromatic heterocycles. The predicted octanol–water partition coefficient (Wildman–Crippen LogP) is 3.83. The average Bonchev–Trinajstić information content (AvgIpc) is 3.03. The maximum atomic E-state index is 12.7. The van der Waals surface area contributed by atoms with Crippen LogP contribution in [0.2, 0.25) is 0 Å². The van der Waals surface area contributed by atoms with E-state index in [2.05, 4.69) is 33.0 Å². The first-order chi connectivity index (χ1) is 14.5. The van der Waals surface area contributed by atoms with Crippen LogP contribution in [0.3, 0.4) is 0 Å². The maximum absolute atomic E-state index is 12.7. The Kier molecular flexibility index (Phi) is 6.24. The molecule has 0 saturated carbocycles. The number of imide groups is 1. The molecule has 30 heavy (non-hydrogen) atoms. The summed E-state index contributed by atoms with van der Waals surface area (Å²) in [5.41, 5.74) is 1.96. The fraction of sp³-hybridized carbons (Fsp3) is 0.227. The molecular weight excluding hydrogens is 466 g/mol. The van der Waals surface area contributed by atoms with Gasteiger partial charge >= 0.3 is 0 Å². The first-order valence-corrected chi connectivity index (χ1v) is 11.2. The molecule has 2 heterocycles. The number of halogens is 1. The summed E-state index contributed by atoms with van der Waals surface area (Å²) >= 11 is 4.25. The summed E-state index contributed by atoms with van der Waals surface area (Å²) in [6.07, 6.45) is 1.68. The number of carbonyl (C=O) groups is 3. The molecule has 0 N–H and O–H groups in total. The molecule has 2 aromatic rings. The minimum atomic E-state index is -0.413. The van der Waals surface area contributed by atoms with Crippen molar-refractivity contribution in [1.82, 2.24) is 9.80 Å². The van der Waals surface area contributed by atoms with Gasteiger partial charge in [-0.3, -0.25) is 19.3 Å². The summed E-state index contributed by atoms with van der Waals surface area (Å²) in [6, 6.07) is 17.5. The smallest absolute Gasteiger partial charge is 0.294 e. The summed E-state index contributed by atoms with van der Waals surface area (Å²) in [7, 11) is 0. The number of piperazine rings is 1. The molecular formula is C22H20BrN3O3S. The van der Waals surface area contributed by atoms with Gasteiger partial charge in [0.1, 0.15) is 6.54 Å². The standard InChI is InChI=1S/C22H20BrN3O3S/c23-17-8-6-16(7-9-17)14-19-21(28)26(22(29)30-19)15-20(27)25-12-10-24(11-13-25)18-4-2-1-3-5-18/h1-9,14H,10-13,15H2. The zero-order valence-corrected chi connectivity index (χ0v) is 18.6. The summed E-state index contributed by atoms with van der Waals surface area (Å²) < 4.78 is 0.936. The molecule has 6 nitrogen and oxygen atoms in total. The van der Waals surface area contributed by atoms with E-state index in [4.69, 9.17) is 0 Å². The Bertz CT molecular complexity index is 986. The zero-order chi connectivity index (χ0) is 21.1. The lowest BCUT2D eigenvalue weighted by Gasteiger charge is -2.36. The van der Waals surface area contributed by atoms with Crippen molar-refractivity contribution in [1.29, 1.82) is 0 Å². The van der Waals surface area contributed by atoms with Crippen LogP contribution in [-0.2, 0) is 9.59 Å². The average molecular weight is 486 g/mol. The molecule has 8 heteroatoms. The van der Waals surface area contributed by atoms with Crippen molar-refractivity contribution in [3.05, 3.63) is 69.5 Å². The van der Waals surface area contributed by atoms with Crippen molar-refractivity contribution in [3.63, 3.8) is 0 Å². The van der Waals surface area contributed by atoms with E-state index in [0.717, 1.165) is 45.5 Å². The van der Waals surface area contributed by atoms with Gasteiger partial charge in [-0.05, 0) is 47.7 Å². The van der Waals surface area contributed by atoms with Gasteiger partial charge in [0.15, 0.2) is 0 Å². The van der Waals surface area contributed by atoms with Gasteiger partial charge in [-0.15, -0.1) is 0 Å². The topological polar surface area (TPSA) is 60.9 Å². The zero-order valence-electron chi connectivity index (χ0n) is 16.2. The normalized spacial score (nSPS) is 18.4. The summed E-state index contributed by atoms with van der Waals surface area (Å²) in [4.78, 5) is 43.1. The van der Waals surface area contributed by atoms with Gasteiger partial charge in [0.2, 0.25) is 5.91 Å². The van der Waals surface area contributed by atoms with Crippen molar-refractivity contribution in [2.75, 3.05) is 37.6 Å². The van der Waals surface area contributed by atoms with Crippen molar-refractivity contribution < 1.29 is 14.4 Å². The van der Waals surface area contributed by atoms with Crippen LogP contribution >= 0.6 is 27.7 Å². The van der Waals surface area contributed by atoms with Crippen LogP contribution in [-0.4, -0.2) is 59.6 Å². The van der Waals surface area contributed by atoms with Gasteiger partial charge in [0.05, 0.1) is 4.91 Å². The molecule has 2 aliphatic rings. The van der Waals surface area contributed by atoms with Gasteiger partial charge in [0.25, 0.3) is 11.1 Å². The van der Waals surface area contributed by atoms with Crippen LogP contribution in [0, 0.1) is 0 Å². The number of rotatable bonds is 4. The molecule has 3 amide bonds. The van der Waals surface area contributed by atoms with Crippen LogP contribution < -0.4 is 4.90 Å². The van der Waals surface area contributed by atoms with Gasteiger partial charge < -0.3 is 9.80 Å². The Balaban J connectivity index is 1.36. The number of thioether (sulfide) groups is 1. The van der Waals surface area contributed by atoms with Crippen LogP contribution in [0.15, 0.2) is 64.0 Å². The van der Waals surface area contributed by atoms with Crippen LogP contribution in [0.4, 0.5) is 10.5 Å². The van der Waals surface area contributed by atoms with Crippen molar-refractivity contribution >= 4 is 56.5 Å². The van der Waals surface area contributed by atoms with Gasteiger partial charge in [-0.2, -0.15) is 0 Å². The first-order valence-electron chi connectivity index (χ1n) is 9.60.